The molecule has 262 valence electrons. The predicted octanol–water partition coefficient (Wildman–Crippen LogP) is 15.0. The number of hydrogen-bond acceptors (Lipinski definition) is 0. The number of benzene rings is 10. The fourth-order valence-corrected chi connectivity index (χ4v) is 10.3. The lowest BCUT2D eigenvalue weighted by Crippen LogP contribution is -2.14. The van der Waals surface area contributed by atoms with Crippen LogP contribution >= 0.6 is 0 Å². The van der Waals surface area contributed by atoms with E-state index in [0.29, 0.717) is 0 Å². The van der Waals surface area contributed by atoms with Crippen molar-refractivity contribution in [3.8, 4) is 39.1 Å². The second-order valence-corrected chi connectivity index (χ2v) is 16.0. The van der Waals surface area contributed by atoms with E-state index in [1.165, 1.54) is 115 Å². The lowest BCUT2D eigenvalue weighted by molar-refractivity contribution is 0.661. The number of para-hydroxylation sites is 1. The maximum Gasteiger partial charge on any atom is 0.0622 e. The highest BCUT2D eigenvalue weighted by Crippen LogP contribution is 2.53. The molecule has 0 saturated carbocycles. The van der Waals surface area contributed by atoms with Gasteiger partial charge in [0, 0.05) is 27.4 Å². The smallest absolute Gasteiger partial charge is 0.0622 e. The predicted molar refractivity (Wildman–Crippen MR) is 239 cm³/mol. The average molecular weight is 712 g/mol. The van der Waals surface area contributed by atoms with Gasteiger partial charge in [-0.2, -0.15) is 0 Å². The maximum atomic E-state index is 2.51. The van der Waals surface area contributed by atoms with E-state index in [-0.39, 0.29) is 5.41 Å². The molecule has 1 nitrogen and oxygen atoms in total. The quantitative estimate of drug-likeness (QED) is 0.127. The van der Waals surface area contributed by atoms with Gasteiger partial charge in [-0.3, -0.25) is 0 Å². The summed E-state index contributed by atoms with van der Waals surface area (Å²) in [4.78, 5) is 0. The van der Waals surface area contributed by atoms with Crippen LogP contribution in [0.1, 0.15) is 25.0 Å². The van der Waals surface area contributed by atoms with Gasteiger partial charge in [0.25, 0.3) is 0 Å². The number of hydrogen-bond donors (Lipinski definition) is 0. The fraction of sp³-hybridized carbons (Fsp3) is 0.0545. The maximum absolute atomic E-state index is 2.51. The third kappa shape index (κ3) is 4.20. The van der Waals surface area contributed by atoms with Gasteiger partial charge in [-0.15, -0.1) is 0 Å². The van der Waals surface area contributed by atoms with Crippen LogP contribution in [0.4, 0.5) is 0 Å². The summed E-state index contributed by atoms with van der Waals surface area (Å²) in [6, 6.07) is 70.1. The second kappa shape index (κ2) is 11.5. The monoisotopic (exact) mass is 711 g/mol. The van der Waals surface area contributed by atoms with Crippen LogP contribution in [0.25, 0.3) is 104 Å². The zero-order valence-corrected chi connectivity index (χ0v) is 31.3. The molecule has 0 aliphatic heterocycles. The number of fused-ring (bicyclic) bond motifs is 12. The van der Waals surface area contributed by atoms with Crippen molar-refractivity contribution in [3.63, 3.8) is 0 Å². The SMILES string of the molecule is CC1(C)c2ccccc2-c2c1ccc1c3cc(-c4c5ccccc5c(-c5cc6ccccc6c6ccccc56)c5ccccc45)ccc3n(-c3ccccc3)c21. The van der Waals surface area contributed by atoms with Crippen molar-refractivity contribution < 1.29 is 0 Å². The highest BCUT2D eigenvalue weighted by atomic mass is 15.0. The van der Waals surface area contributed by atoms with Crippen LogP contribution in [-0.2, 0) is 5.41 Å². The molecule has 1 heterocycles. The van der Waals surface area contributed by atoms with Crippen LogP contribution in [0.2, 0.25) is 0 Å². The summed E-state index contributed by atoms with van der Waals surface area (Å²) in [5.74, 6) is 0. The van der Waals surface area contributed by atoms with E-state index < -0.39 is 0 Å². The van der Waals surface area contributed by atoms with E-state index in [0.717, 1.165) is 0 Å². The van der Waals surface area contributed by atoms with Gasteiger partial charge in [0.15, 0.2) is 0 Å². The number of nitrogens with zero attached hydrogens (tertiary/aromatic N) is 1. The summed E-state index contributed by atoms with van der Waals surface area (Å²) in [5, 5.41) is 12.7. The molecule has 56 heavy (non-hydrogen) atoms. The van der Waals surface area contributed by atoms with Gasteiger partial charge in [0.05, 0.1) is 11.0 Å². The van der Waals surface area contributed by atoms with E-state index in [4.69, 9.17) is 0 Å². The van der Waals surface area contributed by atoms with E-state index in [1.807, 2.05) is 0 Å². The molecule has 1 aliphatic carbocycles. The Hall–Kier alpha value is -6.96. The minimum Gasteiger partial charge on any atom is -0.309 e. The largest absolute Gasteiger partial charge is 0.309 e. The summed E-state index contributed by atoms with van der Waals surface area (Å²) in [6.07, 6.45) is 0. The molecule has 1 heteroatoms. The molecule has 0 spiro atoms. The Balaban J connectivity index is 1.19. The second-order valence-electron chi connectivity index (χ2n) is 16.0. The van der Waals surface area contributed by atoms with Crippen molar-refractivity contribution in [2.24, 2.45) is 0 Å². The molecule has 0 bridgehead atoms. The average Bonchev–Trinajstić information content (AvgIpc) is 3.71. The molecular formula is C55H37N. The standard InChI is InChI=1S/C55H37N/c1-55(2)48-27-15-14-26-45(48)53-49(55)30-29-44-46-33-35(28-31-50(46)56(54(44)53)36-17-4-3-5-18-36)51-40-22-10-12-24-42(40)52(43-25-13-11-23-41(43)51)47-32-34-16-6-7-19-37(34)38-20-8-9-21-39(38)47/h3-33H,1-2H3. The molecule has 1 aliphatic rings. The first-order chi connectivity index (χ1) is 27.6. The fourth-order valence-electron chi connectivity index (χ4n) is 10.3. The third-order valence-electron chi connectivity index (χ3n) is 12.7. The number of rotatable bonds is 3. The number of aromatic nitrogens is 1. The summed E-state index contributed by atoms with van der Waals surface area (Å²) >= 11 is 0. The van der Waals surface area contributed by atoms with Crippen molar-refractivity contribution >= 4 is 64.9 Å². The molecular weight excluding hydrogens is 675 g/mol. The zero-order valence-electron chi connectivity index (χ0n) is 31.3. The zero-order chi connectivity index (χ0) is 37.1. The highest BCUT2D eigenvalue weighted by Gasteiger charge is 2.37. The molecule has 1 aromatic heterocycles. The van der Waals surface area contributed by atoms with Crippen molar-refractivity contribution in [2.75, 3.05) is 0 Å². The van der Waals surface area contributed by atoms with E-state index >= 15 is 0 Å². The van der Waals surface area contributed by atoms with Crippen LogP contribution < -0.4 is 0 Å². The van der Waals surface area contributed by atoms with Gasteiger partial charge in [-0.25, -0.2) is 0 Å². The Kier molecular flexibility index (Phi) is 6.46. The molecule has 12 rings (SSSR count). The Bertz CT molecular complexity index is 3380. The summed E-state index contributed by atoms with van der Waals surface area (Å²) in [7, 11) is 0. The molecule has 0 atom stereocenters. The third-order valence-corrected chi connectivity index (χ3v) is 12.7. The Labute approximate surface area is 325 Å². The minimum atomic E-state index is -0.0841. The van der Waals surface area contributed by atoms with E-state index in [9.17, 15) is 0 Å². The van der Waals surface area contributed by atoms with Gasteiger partial charge in [-0.05, 0) is 112 Å². The molecule has 0 amide bonds. The van der Waals surface area contributed by atoms with Crippen LogP contribution in [0, 0.1) is 0 Å². The molecule has 10 aromatic carbocycles. The van der Waals surface area contributed by atoms with Crippen molar-refractivity contribution in [3.05, 3.63) is 199 Å². The first-order valence-corrected chi connectivity index (χ1v) is 19.7. The molecule has 0 N–H and O–H groups in total. The molecule has 11 aromatic rings. The van der Waals surface area contributed by atoms with Crippen LogP contribution in [-0.4, -0.2) is 4.57 Å². The lowest BCUT2D eigenvalue weighted by Gasteiger charge is -2.21. The molecule has 0 fully saturated rings. The van der Waals surface area contributed by atoms with Crippen molar-refractivity contribution in [2.45, 2.75) is 19.3 Å². The van der Waals surface area contributed by atoms with Crippen molar-refractivity contribution in [1.29, 1.82) is 0 Å². The van der Waals surface area contributed by atoms with Gasteiger partial charge < -0.3 is 4.57 Å². The highest BCUT2D eigenvalue weighted by molar-refractivity contribution is 6.26. The van der Waals surface area contributed by atoms with Gasteiger partial charge in [0.1, 0.15) is 0 Å². The van der Waals surface area contributed by atoms with Crippen LogP contribution in [0.5, 0.6) is 0 Å². The van der Waals surface area contributed by atoms with Crippen LogP contribution in [0.15, 0.2) is 188 Å². The van der Waals surface area contributed by atoms with E-state index in [1.54, 1.807) is 0 Å². The van der Waals surface area contributed by atoms with Crippen molar-refractivity contribution in [1.82, 2.24) is 4.57 Å². The normalized spacial score (nSPS) is 13.3. The van der Waals surface area contributed by atoms with Gasteiger partial charge in [-0.1, -0.05) is 172 Å². The lowest BCUT2D eigenvalue weighted by atomic mass is 9.82. The van der Waals surface area contributed by atoms with E-state index in [2.05, 4.69) is 206 Å². The van der Waals surface area contributed by atoms with Gasteiger partial charge >= 0.3 is 0 Å². The summed E-state index contributed by atoms with van der Waals surface area (Å²) in [6.45, 7) is 4.75. The Morgan fingerprint density at radius 3 is 1.68 bits per heavy atom. The van der Waals surface area contributed by atoms with Gasteiger partial charge in [0.2, 0.25) is 0 Å². The minimum absolute atomic E-state index is 0.0841. The first kappa shape index (κ1) is 31.4. The Morgan fingerprint density at radius 2 is 0.946 bits per heavy atom. The summed E-state index contributed by atoms with van der Waals surface area (Å²) in [5.41, 5.74) is 14.2. The molecule has 0 radical (unpaired) electrons. The topological polar surface area (TPSA) is 4.93 Å². The molecule has 0 unspecified atom stereocenters. The summed E-state index contributed by atoms with van der Waals surface area (Å²) < 4.78 is 2.51. The first-order valence-electron chi connectivity index (χ1n) is 19.7. The Morgan fingerprint density at radius 1 is 0.357 bits per heavy atom. The van der Waals surface area contributed by atoms with Crippen LogP contribution in [0.3, 0.4) is 0 Å². The molecule has 0 saturated heterocycles.